The Balaban J connectivity index is 1.93. The number of hydrogen-bond acceptors (Lipinski definition) is 5. The molecule has 1 aromatic rings. The second-order valence-electron chi connectivity index (χ2n) is 4.28. The van der Waals surface area contributed by atoms with Crippen molar-refractivity contribution in [2.75, 3.05) is 19.0 Å². The van der Waals surface area contributed by atoms with Crippen molar-refractivity contribution in [3.8, 4) is 0 Å². The SMILES string of the molecule is CCOC(=O)C1CSC(c2ccc(CCO)o2)C1. The molecule has 2 rings (SSSR count). The third-order valence-electron chi connectivity index (χ3n) is 2.98. The Morgan fingerprint density at radius 3 is 3.17 bits per heavy atom. The van der Waals surface area contributed by atoms with E-state index in [0.717, 1.165) is 23.7 Å². The lowest BCUT2D eigenvalue weighted by molar-refractivity contribution is -0.147. The van der Waals surface area contributed by atoms with Gasteiger partial charge in [0.1, 0.15) is 11.5 Å². The first kappa shape index (κ1) is 13.5. The van der Waals surface area contributed by atoms with E-state index in [4.69, 9.17) is 14.3 Å². The average Bonchev–Trinajstić information content (AvgIpc) is 2.97. The standard InChI is InChI=1S/C13H18O4S/c1-2-16-13(15)9-7-12(18-8-9)11-4-3-10(17-11)5-6-14/h3-4,9,12,14H,2,5-8H2,1H3. The summed E-state index contributed by atoms with van der Waals surface area (Å²) in [6, 6.07) is 3.83. The smallest absolute Gasteiger partial charge is 0.309 e. The molecular weight excluding hydrogens is 252 g/mol. The zero-order chi connectivity index (χ0) is 13.0. The maximum Gasteiger partial charge on any atom is 0.309 e. The minimum Gasteiger partial charge on any atom is -0.466 e. The van der Waals surface area contributed by atoms with Crippen LogP contribution in [-0.2, 0) is 16.0 Å². The molecule has 0 spiro atoms. The largest absolute Gasteiger partial charge is 0.466 e. The van der Waals surface area contributed by atoms with Gasteiger partial charge in [-0.05, 0) is 25.5 Å². The van der Waals surface area contributed by atoms with E-state index >= 15 is 0 Å². The number of rotatable bonds is 5. The maximum atomic E-state index is 11.6. The Hall–Kier alpha value is -0.940. The van der Waals surface area contributed by atoms with E-state index in [2.05, 4.69) is 0 Å². The molecule has 5 heteroatoms. The van der Waals surface area contributed by atoms with Crippen molar-refractivity contribution in [3.05, 3.63) is 23.7 Å². The highest BCUT2D eigenvalue weighted by molar-refractivity contribution is 7.99. The molecule has 0 bridgehead atoms. The van der Waals surface area contributed by atoms with Crippen LogP contribution < -0.4 is 0 Å². The van der Waals surface area contributed by atoms with E-state index < -0.39 is 0 Å². The van der Waals surface area contributed by atoms with Crippen LogP contribution >= 0.6 is 11.8 Å². The topological polar surface area (TPSA) is 59.7 Å². The minimum atomic E-state index is -0.102. The lowest BCUT2D eigenvalue weighted by atomic mass is 10.1. The van der Waals surface area contributed by atoms with E-state index in [1.807, 2.05) is 19.1 Å². The first-order chi connectivity index (χ1) is 8.74. The van der Waals surface area contributed by atoms with Crippen molar-refractivity contribution in [1.29, 1.82) is 0 Å². The van der Waals surface area contributed by atoms with E-state index in [-0.39, 0.29) is 23.7 Å². The first-order valence-electron chi connectivity index (χ1n) is 6.22. The highest BCUT2D eigenvalue weighted by Crippen LogP contribution is 2.44. The van der Waals surface area contributed by atoms with Crippen molar-refractivity contribution >= 4 is 17.7 Å². The van der Waals surface area contributed by atoms with Gasteiger partial charge in [-0.25, -0.2) is 0 Å². The predicted molar refractivity (Wildman–Crippen MR) is 69.4 cm³/mol. The van der Waals surface area contributed by atoms with Gasteiger partial charge in [0.25, 0.3) is 0 Å². The van der Waals surface area contributed by atoms with E-state index in [9.17, 15) is 4.79 Å². The number of carbonyl (C=O) groups excluding carboxylic acids is 1. The monoisotopic (exact) mass is 270 g/mol. The normalized spacial score (nSPS) is 23.2. The quantitative estimate of drug-likeness (QED) is 0.831. The van der Waals surface area contributed by atoms with Gasteiger partial charge in [-0.2, -0.15) is 0 Å². The summed E-state index contributed by atoms with van der Waals surface area (Å²) in [4.78, 5) is 11.6. The van der Waals surface area contributed by atoms with Crippen LogP contribution in [0.3, 0.4) is 0 Å². The summed E-state index contributed by atoms with van der Waals surface area (Å²) >= 11 is 1.73. The molecule has 1 fully saturated rings. The summed E-state index contributed by atoms with van der Waals surface area (Å²) in [5.41, 5.74) is 0. The van der Waals surface area contributed by atoms with Crippen molar-refractivity contribution in [1.82, 2.24) is 0 Å². The van der Waals surface area contributed by atoms with Crippen LogP contribution in [0.1, 0.15) is 30.1 Å². The number of aliphatic hydroxyl groups is 1. The Labute approximate surface area is 111 Å². The number of thioether (sulfide) groups is 1. The van der Waals surface area contributed by atoms with Gasteiger partial charge in [0, 0.05) is 12.2 Å². The molecule has 0 aliphatic carbocycles. The summed E-state index contributed by atoms with van der Waals surface area (Å²) in [5.74, 6) is 2.36. The molecular formula is C13H18O4S. The zero-order valence-electron chi connectivity index (χ0n) is 10.4. The average molecular weight is 270 g/mol. The summed E-state index contributed by atoms with van der Waals surface area (Å²) in [6.07, 6.45) is 1.31. The number of furan rings is 1. The number of hydrogen-bond donors (Lipinski definition) is 1. The molecule has 2 atom stereocenters. The lowest BCUT2D eigenvalue weighted by Crippen LogP contribution is -2.16. The van der Waals surface area contributed by atoms with E-state index in [1.165, 1.54) is 0 Å². The fraction of sp³-hybridized carbons (Fsp3) is 0.615. The van der Waals surface area contributed by atoms with E-state index in [0.29, 0.717) is 13.0 Å². The molecule has 1 aromatic heterocycles. The van der Waals surface area contributed by atoms with Crippen LogP contribution in [0.15, 0.2) is 16.5 Å². The Kier molecular flexibility index (Phi) is 4.72. The Morgan fingerprint density at radius 1 is 1.61 bits per heavy atom. The van der Waals surface area contributed by atoms with Gasteiger partial charge in [-0.3, -0.25) is 4.79 Å². The van der Waals surface area contributed by atoms with Crippen molar-refractivity contribution in [3.63, 3.8) is 0 Å². The number of ether oxygens (including phenoxy) is 1. The van der Waals surface area contributed by atoms with Crippen LogP contribution in [0.5, 0.6) is 0 Å². The molecule has 1 saturated heterocycles. The maximum absolute atomic E-state index is 11.6. The molecule has 1 aliphatic rings. The van der Waals surface area contributed by atoms with Crippen molar-refractivity contribution in [2.45, 2.75) is 25.0 Å². The molecule has 4 nitrogen and oxygen atoms in total. The second-order valence-corrected chi connectivity index (χ2v) is 5.52. The Morgan fingerprint density at radius 2 is 2.44 bits per heavy atom. The van der Waals surface area contributed by atoms with E-state index in [1.54, 1.807) is 11.8 Å². The Bertz CT molecular complexity index is 401. The van der Waals surface area contributed by atoms with Gasteiger partial charge >= 0.3 is 5.97 Å². The summed E-state index contributed by atoms with van der Waals surface area (Å²) < 4.78 is 10.7. The molecule has 18 heavy (non-hydrogen) atoms. The van der Waals surface area contributed by atoms with Gasteiger partial charge in [0.2, 0.25) is 0 Å². The van der Waals surface area contributed by atoms with Gasteiger partial charge in [-0.1, -0.05) is 0 Å². The first-order valence-corrected chi connectivity index (χ1v) is 7.27. The summed E-state index contributed by atoms with van der Waals surface area (Å²) in [7, 11) is 0. The molecule has 2 heterocycles. The molecule has 1 aliphatic heterocycles. The zero-order valence-corrected chi connectivity index (χ0v) is 11.2. The molecule has 0 amide bonds. The third kappa shape index (κ3) is 3.09. The molecule has 2 unspecified atom stereocenters. The molecule has 0 saturated carbocycles. The number of esters is 1. The predicted octanol–water partition coefficient (Wildman–Crippen LogP) is 2.17. The summed E-state index contributed by atoms with van der Waals surface area (Å²) in [5, 5.41) is 9.07. The van der Waals surface area contributed by atoms with Gasteiger partial charge < -0.3 is 14.3 Å². The number of aliphatic hydroxyl groups excluding tert-OH is 1. The minimum absolute atomic E-state index is 0.0219. The molecule has 0 aromatic carbocycles. The molecule has 100 valence electrons. The third-order valence-corrected chi connectivity index (χ3v) is 4.40. The van der Waals surface area contributed by atoms with Gasteiger partial charge in [0.05, 0.1) is 24.4 Å². The highest BCUT2D eigenvalue weighted by atomic mass is 32.2. The second kappa shape index (κ2) is 6.29. The summed E-state index contributed by atoms with van der Waals surface area (Å²) in [6.45, 7) is 2.35. The van der Waals surface area contributed by atoms with Crippen LogP contribution in [-0.4, -0.2) is 30.0 Å². The fourth-order valence-electron chi connectivity index (χ4n) is 2.06. The number of carbonyl (C=O) groups is 1. The van der Waals surface area contributed by atoms with Crippen LogP contribution in [0.4, 0.5) is 0 Å². The van der Waals surface area contributed by atoms with Crippen molar-refractivity contribution < 1.29 is 19.1 Å². The lowest BCUT2D eigenvalue weighted by Gasteiger charge is -2.07. The van der Waals surface area contributed by atoms with Gasteiger partial charge in [-0.15, -0.1) is 11.8 Å². The highest BCUT2D eigenvalue weighted by Gasteiger charge is 2.33. The van der Waals surface area contributed by atoms with Crippen LogP contribution in [0.25, 0.3) is 0 Å². The fourth-order valence-corrected chi connectivity index (χ4v) is 3.46. The molecule has 0 radical (unpaired) electrons. The molecule has 1 N–H and O–H groups in total. The van der Waals surface area contributed by atoms with Crippen LogP contribution in [0, 0.1) is 5.92 Å². The van der Waals surface area contributed by atoms with Crippen LogP contribution in [0.2, 0.25) is 0 Å². The van der Waals surface area contributed by atoms with Gasteiger partial charge in [0.15, 0.2) is 0 Å². The van der Waals surface area contributed by atoms with Crippen molar-refractivity contribution in [2.24, 2.45) is 5.92 Å².